The summed E-state index contributed by atoms with van der Waals surface area (Å²) in [6.45, 7) is 5.05. The van der Waals surface area contributed by atoms with Crippen molar-refractivity contribution in [2.24, 2.45) is 0 Å². The lowest BCUT2D eigenvalue weighted by Crippen LogP contribution is -2.57. The third-order valence-electron chi connectivity index (χ3n) is 5.01. The number of hydrogen-bond donors (Lipinski definition) is 1. The lowest BCUT2D eigenvalue weighted by Gasteiger charge is -2.40. The number of ether oxygens (including phenoxy) is 1. The van der Waals surface area contributed by atoms with E-state index in [2.05, 4.69) is 4.90 Å². The van der Waals surface area contributed by atoms with Crippen LogP contribution in [0.3, 0.4) is 0 Å². The van der Waals surface area contributed by atoms with Gasteiger partial charge in [-0.3, -0.25) is 9.69 Å². The minimum Gasteiger partial charge on any atom is -0.388 e. The second-order valence-corrected chi connectivity index (χ2v) is 6.77. The summed E-state index contributed by atoms with van der Waals surface area (Å²) in [6.07, 6.45) is 5.65. The molecule has 5 nitrogen and oxygen atoms in total. The summed E-state index contributed by atoms with van der Waals surface area (Å²) >= 11 is 0. The Balaban J connectivity index is 1.68. The van der Waals surface area contributed by atoms with Crippen LogP contribution in [0.1, 0.15) is 39.0 Å². The third-order valence-corrected chi connectivity index (χ3v) is 5.01. The molecular formula is C15H26N2O3. The average Bonchev–Trinajstić information content (AvgIpc) is 3.07. The van der Waals surface area contributed by atoms with Crippen LogP contribution in [0, 0.1) is 0 Å². The number of carbonyl (C=O) groups is 1. The van der Waals surface area contributed by atoms with Crippen molar-refractivity contribution in [3.63, 3.8) is 0 Å². The van der Waals surface area contributed by atoms with E-state index in [1.807, 2.05) is 11.8 Å². The van der Waals surface area contributed by atoms with E-state index in [4.69, 9.17) is 4.74 Å². The molecule has 3 rings (SSSR count). The van der Waals surface area contributed by atoms with Crippen molar-refractivity contribution < 1.29 is 14.6 Å². The molecule has 0 aromatic carbocycles. The minimum absolute atomic E-state index is 0.138. The first kappa shape index (κ1) is 14.3. The van der Waals surface area contributed by atoms with Crippen LogP contribution in [-0.4, -0.2) is 71.3 Å². The number of rotatable bonds is 2. The molecule has 20 heavy (non-hydrogen) atoms. The topological polar surface area (TPSA) is 53.0 Å². The standard InChI is InChI=1S/C15H26N2O3/c1-15(19)6-7-16(11-15)14(18)13-10-20-9-8-17(13)12-4-2-3-5-12/h12-13,19H,2-11H2,1H3/t13-,15+/m1/s1. The number of aliphatic hydroxyl groups is 1. The SMILES string of the molecule is C[C@]1(O)CCN(C(=O)[C@H]2COCCN2C2CCCC2)C1. The van der Waals surface area contributed by atoms with Crippen LogP contribution >= 0.6 is 0 Å². The van der Waals surface area contributed by atoms with Crippen molar-refractivity contribution in [1.82, 2.24) is 9.80 Å². The van der Waals surface area contributed by atoms with Crippen LogP contribution in [0.5, 0.6) is 0 Å². The zero-order valence-electron chi connectivity index (χ0n) is 12.4. The number of amides is 1. The van der Waals surface area contributed by atoms with Gasteiger partial charge in [-0.2, -0.15) is 0 Å². The summed E-state index contributed by atoms with van der Waals surface area (Å²) in [5, 5.41) is 10.1. The fourth-order valence-electron chi connectivity index (χ4n) is 3.85. The highest BCUT2D eigenvalue weighted by Crippen LogP contribution is 2.28. The van der Waals surface area contributed by atoms with E-state index in [0.717, 1.165) is 13.2 Å². The average molecular weight is 282 g/mol. The molecule has 0 unspecified atom stereocenters. The Morgan fingerprint density at radius 3 is 2.70 bits per heavy atom. The molecule has 0 aromatic rings. The molecule has 0 bridgehead atoms. The molecule has 1 N–H and O–H groups in total. The lowest BCUT2D eigenvalue weighted by atomic mass is 10.1. The zero-order valence-corrected chi connectivity index (χ0v) is 12.4. The number of morpholine rings is 1. The van der Waals surface area contributed by atoms with Crippen molar-refractivity contribution in [3.8, 4) is 0 Å². The maximum atomic E-state index is 12.7. The highest BCUT2D eigenvalue weighted by Gasteiger charge is 2.41. The van der Waals surface area contributed by atoms with Gasteiger partial charge in [0.15, 0.2) is 0 Å². The van der Waals surface area contributed by atoms with Crippen LogP contribution < -0.4 is 0 Å². The highest BCUT2D eigenvalue weighted by atomic mass is 16.5. The summed E-state index contributed by atoms with van der Waals surface area (Å²) in [4.78, 5) is 16.9. The molecule has 3 fully saturated rings. The Morgan fingerprint density at radius 1 is 1.30 bits per heavy atom. The van der Waals surface area contributed by atoms with Crippen molar-refractivity contribution >= 4 is 5.91 Å². The van der Waals surface area contributed by atoms with Gasteiger partial charge in [-0.15, -0.1) is 0 Å². The van der Waals surface area contributed by atoms with Crippen LogP contribution in [0.2, 0.25) is 0 Å². The summed E-state index contributed by atoms with van der Waals surface area (Å²) in [5.74, 6) is 0.148. The van der Waals surface area contributed by atoms with Crippen molar-refractivity contribution in [1.29, 1.82) is 0 Å². The van der Waals surface area contributed by atoms with Crippen LogP contribution in [0.25, 0.3) is 0 Å². The Morgan fingerprint density at radius 2 is 2.05 bits per heavy atom. The predicted octanol–water partition coefficient (Wildman–Crippen LogP) is 0.613. The van der Waals surface area contributed by atoms with Crippen LogP contribution in [-0.2, 0) is 9.53 Å². The molecule has 5 heteroatoms. The summed E-state index contributed by atoms with van der Waals surface area (Å²) in [6, 6.07) is 0.414. The molecule has 0 aromatic heterocycles. The highest BCUT2D eigenvalue weighted by molar-refractivity contribution is 5.82. The molecule has 2 saturated heterocycles. The summed E-state index contributed by atoms with van der Waals surface area (Å²) in [7, 11) is 0. The van der Waals surface area contributed by atoms with E-state index in [-0.39, 0.29) is 11.9 Å². The smallest absolute Gasteiger partial charge is 0.242 e. The molecule has 0 spiro atoms. The zero-order chi connectivity index (χ0) is 14.2. The molecule has 2 atom stereocenters. The largest absolute Gasteiger partial charge is 0.388 e. The molecule has 0 radical (unpaired) electrons. The van der Waals surface area contributed by atoms with E-state index in [0.29, 0.717) is 32.2 Å². The fraction of sp³-hybridized carbons (Fsp3) is 0.933. The van der Waals surface area contributed by atoms with Gasteiger partial charge in [0.05, 0.1) is 18.8 Å². The van der Waals surface area contributed by atoms with Gasteiger partial charge < -0.3 is 14.7 Å². The van der Waals surface area contributed by atoms with Gasteiger partial charge in [-0.25, -0.2) is 0 Å². The third kappa shape index (κ3) is 2.85. The number of nitrogens with zero attached hydrogens (tertiary/aromatic N) is 2. The first-order chi connectivity index (χ1) is 9.57. The molecule has 1 amide bonds. The van der Waals surface area contributed by atoms with Gasteiger partial charge in [0.1, 0.15) is 6.04 Å². The van der Waals surface area contributed by atoms with E-state index in [9.17, 15) is 9.90 Å². The van der Waals surface area contributed by atoms with Gasteiger partial charge in [-0.1, -0.05) is 12.8 Å². The maximum Gasteiger partial charge on any atom is 0.242 e. The Bertz CT molecular complexity index is 366. The molecular weight excluding hydrogens is 256 g/mol. The van der Waals surface area contributed by atoms with Crippen LogP contribution in [0.15, 0.2) is 0 Å². The monoisotopic (exact) mass is 282 g/mol. The Hall–Kier alpha value is -0.650. The van der Waals surface area contributed by atoms with Crippen molar-refractivity contribution in [3.05, 3.63) is 0 Å². The van der Waals surface area contributed by atoms with E-state index in [1.54, 1.807) is 0 Å². The Kier molecular flexibility index (Phi) is 4.02. The predicted molar refractivity (Wildman–Crippen MR) is 75.4 cm³/mol. The fourth-order valence-corrected chi connectivity index (χ4v) is 3.85. The summed E-state index contributed by atoms with van der Waals surface area (Å²) < 4.78 is 5.55. The molecule has 1 saturated carbocycles. The van der Waals surface area contributed by atoms with Gasteiger partial charge in [0.2, 0.25) is 5.91 Å². The second kappa shape index (κ2) is 5.62. The number of likely N-dealkylation sites (tertiary alicyclic amines) is 1. The van der Waals surface area contributed by atoms with Gasteiger partial charge in [0.25, 0.3) is 0 Å². The number of hydrogen-bond acceptors (Lipinski definition) is 4. The first-order valence-electron chi connectivity index (χ1n) is 7.91. The second-order valence-electron chi connectivity index (χ2n) is 6.77. The lowest BCUT2D eigenvalue weighted by molar-refractivity contribution is -0.145. The molecule has 114 valence electrons. The van der Waals surface area contributed by atoms with Gasteiger partial charge >= 0.3 is 0 Å². The van der Waals surface area contributed by atoms with Gasteiger partial charge in [0, 0.05) is 25.7 Å². The quantitative estimate of drug-likeness (QED) is 0.806. The number of β-amino-alcohol motifs (C(OH)–C–C–N with tert-alkyl or cyclic N) is 1. The molecule has 2 aliphatic heterocycles. The first-order valence-corrected chi connectivity index (χ1v) is 7.91. The molecule has 1 aliphatic carbocycles. The Labute approximate surface area is 120 Å². The van der Waals surface area contributed by atoms with Crippen molar-refractivity contribution in [2.45, 2.75) is 56.7 Å². The van der Waals surface area contributed by atoms with Crippen LogP contribution in [0.4, 0.5) is 0 Å². The maximum absolute atomic E-state index is 12.7. The molecule has 3 aliphatic rings. The minimum atomic E-state index is -0.719. The normalized spacial score (nSPS) is 36.7. The number of carbonyl (C=O) groups excluding carboxylic acids is 1. The molecule has 2 heterocycles. The van der Waals surface area contributed by atoms with E-state index in [1.165, 1.54) is 25.7 Å². The van der Waals surface area contributed by atoms with Crippen molar-refractivity contribution in [2.75, 3.05) is 32.8 Å². The van der Waals surface area contributed by atoms with E-state index >= 15 is 0 Å². The summed E-state index contributed by atoms with van der Waals surface area (Å²) in [5.41, 5.74) is -0.719. The van der Waals surface area contributed by atoms with E-state index < -0.39 is 5.60 Å². The van der Waals surface area contributed by atoms with Gasteiger partial charge in [-0.05, 0) is 26.2 Å².